The summed E-state index contributed by atoms with van der Waals surface area (Å²) in [5.41, 5.74) is 1.52. The first-order valence-electron chi connectivity index (χ1n) is 17.8. The fourth-order valence-electron chi connectivity index (χ4n) is 8.80. The molecule has 51 heavy (non-hydrogen) atoms. The number of benzene rings is 3. The summed E-state index contributed by atoms with van der Waals surface area (Å²) in [6.45, 7) is 18.1. The molecule has 3 heterocycles. The number of nitrogens with zero attached hydrogens (tertiary/aromatic N) is 3. The molecule has 3 amide bonds. The molecule has 7 atom stereocenters. The van der Waals surface area contributed by atoms with Crippen molar-refractivity contribution in [1.29, 1.82) is 0 Å². The van der Waals surface area contributed by atoms with Gasteiger partial charge in [0.2, 0.25) is 11.8 Å². The van der Waals surface area contributed by atoms with Gasteiger partial charge in [0.05, 0.1) is 36.7 Å². The van der Waals surface area contributed by atoms with Crippen molar-refractivity contribution >= 4 is 29.1 Å². The Morgan fingerprint density at radius 2 is 1.69 bits per heavy atom. The highest BCUT2D eigenvalue weighted by Gasteiger charge is 2.80. The molecule has 0 saturated carbocycles. The molecule has 3 aromatic carbocycles. The van der Waals surface area contributed by atoms with E-state index in [0.29, 0.717) is 35.7 Å². The predicted molar refractivity (Wildman–Crippen MR) is 199 cm³/mol. The number of aliphatic hydroxyl groups is 1. The van der Waals surface area contributed by atoms with Crippen LogP contribution in [0.3, 0.4) is 0 Å². The number of fused-ring (bicyclic) bond motifs is 1. The molecule has 0 aliphatic carbocycles. The molecule has 3 aliphatic rings. The third kappa shape index (κ3) is 5.86. The quantitative estimate of drug-likeness (QED) is 0.215. The average Bonchev–Trinajstić information content (AvgIpc) is 3.64. The molecule has 1 spiro atoms. The summed E-state index contributed by atoms with van der Waals surface area (Å²) in [4.78, 5) is 50.5. The minimum Gasteiger partial charge on any atom is -0.494 e. The standard InChI is InChI=1S/C42H49N3O6/c1-8-22-43(31-18-20-32(21-19-31)50-10-3)38(47)35-36-39(48)45(34(26-46)30-14-12-11-13-15-30)37(42(36)25-29(6)41(35,7)51-42)40(49)44(23-9-2)33-24-27(4)16-17-28(33)5/h8-9,11-21,24,29,34-37,46H,1-2,10,22-23,25-26H2,3-7H3/t29?,34-,35-,36+,37?,41+,42?/m1/s1. The molecule has 1 N–H and O–H groups in total. The van der Waals surface area contributed by atoms with Gasteiger partial charge in [-0.05, 0) is 87.1 Å². The molecular weight excluding hydrogens is 642 g/mol. The number of aryl methyl sites for hydroxylation is 2. The smallest absolute Gasteiger partial charge is 0.253 e. The van der Waals surface area contributed by atoms with Crippen LogP contribution in [0.2, 0.25) is 0 Å². The third-order valence-electron chi connectivity index (χ3n) is 11.2. The second kappa shape index (κ2) is 14.1. The molecule has 3 saturated heterocycles. The van der Waals surface area contributed by atoms with Crippen LogP contribution in [-0.4, -0.2) is 71.3 Å². The van der Waals surface area contributed by atoms with Crippen molar-refractivity contribution in [2.24, 2.45) is 17.8 Å². The van der Waals surface area contributed by atoms with Crippen LogP contribution < -0.4 is 14.5 Å². The molecule has 3 unspecified atom stereocenters. The maximum absolute atomic E-state index is 15.4. The monoisotopic (exact) mass is 691 g/mol. The van der Waals surface area contributed by atoms with E-state index in [2.05, 4.69) is 13.2 Å². The Labute approximate surface area is 301 Å². The van der Waals surface area contributed by atoms with Crippen molar-refractivity contribution in [2.45, 2.75) is 64.3 Å². The van der Waals surface area contributed by atoms with E-state index in [1.165, 1.54) is 4.90 Å². The topological polar surface area (TPSA) is 99.6 Å². The van der Waals surface area contributed by atoms with E-state index in [9.17, 15) is 5.11 Å². The zero-order valence-electron chi connectivity index (χ0n) is 30.2. The summed E-state index contributed by atoms with van der Waals surface area (Å²) < 4.78 is 12.7. The first-order chi connectivity index (χ1) is 24.5. The van der Waals surface area contributed by atoms with E-state index >= 15 is 14.4 Å². The molecule has 0 aromatic heterocycles. The number of hydrogen-bond acceptors (Lipinski definition) is 6. The van der Waals surface area contributed by atoms with Crippen LogP contribution in [-0.2, 0) is 19.1 Å². The fraction of sp³-hybridized carbons (Fsp3) is 0.405. The lowest BCUT2D eigenvalue weighted by Gasteiger charge is -2.40. The van der Waals surface area contributed by atoms with Gasteiger partial charge in [-0.3, -0.25) is 14.4 Å². The molecule has 9 heteroatoms. The highest BCUT2D eigenvalue weighted by atomic mass is 16.5. The van der Waals surface area contributed by atoms with Gasteiger partial charge in [-0.25, -0.2) is 0 Å². The molecule has 9 nitrogen and oxygen atoms in total. The molecule has 3 aromatic rings. The van der Waals surface area contributed by atoms with Gasteiger partial charge in [-0.2, -0.15) is 0 Å². The Kier molecular flexibility index (Phi) is 9.99. The molecule has 0 radical (unpaired) electrons. The van der Waals surface area contributed by atoms with E-state index < -0.39 is 41.7 Å². The lowest BCUT2D eigenvalue weighted by molar-refractivity contribution is -0.149. The van der Waals surface area contributed by atoms with E-state index in [0.717, 1.165) is 11.1 Å². The lowest BCUT2D eigenvalue weighted by atomic mass is 9.62. The van der Waals surface area contributed by atoms with Crippen LogP contribution in [0, 0.1) is 31.6 Å². The number of rotatable bonds is 13. The fourth-order valence-corrected chi connectivity index (χ4v) is 8.80. The average molecular weight is 692 g/mol. The maximum Gasteiger partial charge on any atom is 0.253 e. The number of amides is 3. The first kappa shape index (κ1) is 36.1. The van der Waals surface area contributed by atoms with Crippen molar-refractivity contribution < 1.29 is 29.0 Å². The minimum atomic E-state index is -1.33. The molecule has 3 fully saturated rings. The second-order valence-corrected chi connectivity index (χ2v) is 14.3. The largest absolute Gasteiger partial charge is 0.494 e. The van der Waals surface area contributed by atoms with Gasteiger partial charge in [-0.1, -0.05) is 61.5 Å². The Morgan fingerprint density at radius 1 is 1.02 bits per heavy atom. The van der Waals surface area contributed by atoms with E-state index in [1.54, 1.807) is 22.0 Å². The van der Waals surface area contributed by atoms with Gasteiger partial charge in [0.1, 0.15) is 17.4 Å². The third-order valence-corrected chi connectivity index (χ3v) is 11.2. The molecule has 2 bridgehead atoms. The van der Waals surface area contributed by atoms with Crippen LogP contribution in [0.15, 0.2) is 98.1 Å². The van der Waals surface area contributed by atoms with Crippen molar-refractivity contribution in [3.8, 4) is 5.75 Å². The normalized spacial score (nSPS) is 26.8. The predicted octanol–water partition coefficient (Wildman–Crippen LogP) is 6.18. The SMILES string of the molecule is C=CCN(C(=O)[C@H]1[C@H]2C(=O)N([C@H](CO)c3ccccc3)C(C(=O)N(CC=C)c3cc(C)ccc3C)C23CC(C)[C@]1(C)O3)c1ccc(OCC)cc1. The zero-order valence-corrected chi connectivity index (χ0v) is 30.2. The Bertz CT molecular complexity index is 1810. The summed E-state index contributed by atoms with van der Waals surface area (Å²) >= 11 is 0. The number of aliphatic hydroxyl groups excluding tert-OH is 1. The van der Waals surface area contributed by atoms with Gasteiger partial charge in [-0.15, -0.1) is 13.2 Å². The minimum absolute atomic E-state index is 0.172. The Hall–Kier alpha value is -4.73. The summed E-state index contributed by atoms with van der Waals surface area (Å²) in [6, 6.07) is 20.5. The van der Waals surface area contributed by atoms with Gasteiger partial charge in [0.25, 0.3) is 5.91 Å². The number of likely N-dealkylation sites (tertiary alicyclic amines) is 1. The molecular formula is C42H49N3O6. The van der Waals surface area contributed by atoms with Crippen molar-refractivity contribution in [3.63, 3.8) is 0 Å². The number of carbonyl (C=O) groups is 3. The van der Waals surface area contributed by atoms with Crippen LogP contribution in [0.5, 0.6) is 5.75 Å². The number of ether oxygens (including phenoxy) is 2. The van der Waals surface area contributed by atoms with Crippen LogP contribution in [0.4, 0.5) is 11.4 Å². The maximum atomic E-state index is 15.4. The van der Waals surface area contributed by atoms with E-state index in [-0.39, 0.29) is 36.7 Å². The van der Waals surface area contributed by atoms with Crippen LogP contribution >= 0.6 is 0 Å². The molecule has 3 aliphatic heterocycles. The molecule has 6 rings (SSSR count). The summed E-state index contributed by atoms with van der Waals surface area (Å²) in [7, 11) is 0. The lowest BCUT2D eigenvalue weighted by Crippen LogP contribution is -2.58. The molecule has 268 valence electrons. The second-order valence-electron chi connectivity index (χ2n) is 14.3. The number of anilines is 2. The summed E-state index contributed by atoms with van der Waals surface area (Å²) in [5.74, 6) is -2.38. The Balaban J connectivity index is 1.51. The van der Waals surface area contributed by atoms with Gasteiger partial charge < -0.3 is 29.3 Å². The van der Waals surface area contributed by atoms with Crippen molar-refractivity contribution in [3.05, 3.63) is 115 Å². The zero-order chi connectivity index (χ0) is 36.7. The summed E-state index contributed by atoms with van der Waals surface area (Å²) in [6.07, 6.45) is 3.72. The highest BCUT2D eigenvalue weighted by molar-refractivity contribution is 6.07. The van der Waals surface area contributed by atoms with Gasteiger partial charge >= 0.3 is 0 Å². The van der Waals surface area contributed by atoms with Crippen LogP contribution in [0.1, 0.15) is 49.9 Å². The Morgan fingerprint density at radius 3 is 2.31 bits per heavy atom. The number of hydrogen-bond donors (Lipinski definition) is 1. The van der Waals surface area contributed by atoms with Crippen molar-refractivity contribution in [2.75, 3.05) is 36.1 Å². The van der Waals surface area contributed by atoms with Gasteiger partial charge in [0.15, 0.2) is 0 Å². The van der Waals surface area contributed by atoms with E-state index in [4.69, 9.17) is 9.47 Å². The van der Waals surface area contributed by atoms with Crippen LogP contribution in [0.25, 0.3) is 0 Å². The van der Waals surface area contributed by atoms with Crippen molar-refractivity contribution in [1.82, 2.24) is 4.90 Å². The highest BCUT2D eigenvalue weighted by Crippen LogP contribution is 2.66. The van der Waals surface area contributed by atoms with E-state index in [1.807, 2.05) is 107 Å². The number of carbonyl (C=O) groups excluding carboxylic acids is 3. The summed E-state index contributed by atoms with van der Waals surface area (Å²) in [5, 5.41) is 11.0. The first-order valence-corrected chi connectivity index (χ1v) is 17.8. The van der Waals surface area contributed by atoms with Gasteiger partial charge in [0, 0.05) is 24.5 Å².